The van der Waals surface area contributed by atoms with Gasteiger partial charge in [-0.05, 0) is 45.0 Å². The van der Waals surface area contributed by atoms with Gasteiger partial charge in [0.05, 0.1) is 30.9 Å². The molecule has 0 unspecified atom stereocenters. The SMILES string of the molecule is CCOc1cc(C(=O)N2CCN(c3nc4ccccc4n3C)CC2)cc(OCC)c1OCC. The standard InChI is InChI=1S/C25H32N4O4/c1-5-31-21-16-18(17-22(32-6-2)23(21)33-7-3)24(30)28-12-14-29(15-13-28)25-26-19-10-8-9-11-20(19)27(25)4/h8-11,16-17H,5-7,12-15H2,1-4H3. The smallest absolute Gasteiger partial charge is 0.254 e. The number of anilines is 1. The van der Waals surface area contributed by atoms with Crippen LogP contribution in [0.1, 0.15) is 31.1 Å². The van der Waals surface area contributed by atoms with Crippen LogP contribution < -0.4 is 19.1 Å². The molecule has 1 saturated heterocycles. The molecule has 2 heterocycles. The molecule has 1 aliphatic rings. The molecule has 8 nitrogen and oxygen atoms in total. The minimum absolute atomic E-state index is 0.0374. The van der Waals surface area contributed by atoms with E-state index in [-0.39, 0.29) is 5.91 Å². The summed E-state index contributed by atoms with van der Waals surface area (Å²) in [6.07, 6.45) is 0. The highest BCUT2D eigenvalue weighted by Gasteiger charge is 2.27. The van der Waals surface area contributed by atoms with E-state index in [1.165, 1.54) is 0 Å². The lowest BCUT2D eigenvalue weighted by Gasteiger charge is -2.35. The number of hydrogen-bond donors (Lipinski definition) is 0. The van der Waals surface area contributed by atoms with Crippen LogP contribution in [0.25, 0.3) is 11.0 Å². The van der Waals surface area contributed by atoms with E-state index >= 15 is 0 Å². The first-order valence-electron chi connectivity index (χ1n) is 11.6. The predicted molar refractivity (Wildman–Crippen MR) is 129 cm³/mol. The Kier molecular flexibility index (Phi) is 6.91. The maximum absolute atomic E-state index is 13.4. The largest absolute Gasteiger partial charge is 0.490 e. The molecule has 0 aliphatic carbocycles. The van der Waals surface area contributed by atoms with Gasteiger partial charge in [-0.2, -0.15) is 0 Å². The van der Waals surface area contributed by atoms with Crippen molar-refractivity contribution in [2.24, 2.45) is 7.05 Å². The fourth-order valence-electron chi connectivity index (χ4n) is 4.22. The van der Waals surface area contributed by atoms with Crippen LogP contribution in [0.4, 0.5) is 5.95 Å². The molecule has 4 rings (SSSR count). The summed E-state index contributed by atoms with van der Waals surface area (Å²) in [5, 5.41) is 0. The van der Waals surface area contributed by atoms with Crippen molar-refractivity contribution in [3.8, 4) is 17.2 Å². The first kappa shape index (κ1) is 22.8. The van der Waals surface area contributed by atoms with Crippen LogP contribution >= 0.6 is 0 Å². The van der Waals surface area contributed by atoms with Crippen molar-refractivity contribution in [2.75, 3.05) is 50.9 Å². The second kappa shape index (κ2) is 10.0. The van der Waals surface area contributed by atoms with Gasteiger partial charge < -0.3 is 28.6 Å². The number of carbonyl (C=O) groups excluding carboxylic acids is 1. The van der Waals surface area contributed by atoms with Crippen LogP contribution in [0.3, 0.4) is 0 Å². The molecular weight excluding hydrogens is 420 g/mol. The monoisotopic (exact) mass is 452 g/mol. The summed E-state index contributed by atoms with van der Waals surface area (Å²) in [4.78, 5) is 22.3. The maximum Gasteiger partial charge on any atom is 0.254 e. The topological polar surface area (TPSA) is 69.1 Å². The minimum Gasteiger partial charge on any atom is -0.490 e. The van der Waals surface area contributed by atoms with E-state index in [2.05, 4.69) is 15.5 Å². The molecule has 0 atom stereocenters. The van der Waals surface area contributed by atoms with E-state index in [4.69, 9.17) is 19.2 Å². The third kappa shape index (κ3) is 4.55. The van der Waals surface area contributed by atoms with Crippen molar-refractivity contribution in [3.05, 3.63) is 42.0 Å². The van der Waals surface area contributed by atoms with Gasteiger partial charge in [0.2, 0.25) is 11.7 Å². The molecule has 3 aromatic rings. The predicted octanol–water partition coefficient (Wildman–Crippen LogP) is 3.73. The second-order valence-electron chi connectivity index (χ2n) is 7.84. The molecule has 0 bridgehead atoms. The van der Waals surface area contributed by atoms with E-state index in [1.807, 2.05) is 50.9 Å². The van der Waals surface area contributed by atoms with Crippen LogP contribution in [0, 0.1) is 0 Å². The lowest BCUT2D eigenvalue weighted by atomic mass is 10.1. The second-order valence-corrected chi connectivity index (χ2v) is 7.84. The highest BCUT2D eigenvalue weighted by atomic mass is 16.5. The van der Waals surface area contributed by atoms with Crippen molar-refractivity contribution in [2.45, 2.75) is 20.8 Å². The highest BCUT2D eigenvalue weighted by molar-refractivity contribution is 5.96. The zero-order valence-corrected chi connectivity index (χ0v) is 19.8. The van der Waals surface area contributed by atoms with Gasteiger partial charge in [0, 0.05) is 38.8 Å². The van der Waals surface area contributed by atoms with Crippen LogP contribution in [-0.4, -0.2) is 66.4 Å². The van der Waals surface area contributed by atoms with Gasteiger partial charge in [0.15, 0.2) is 11.5 Å². The normalized spacial score (nSPS) is 13.9. The number of benzene rings is 2. The Bertz CT molecular complexity index is 1090. The first-order chi connectivity index (χ1) is 16.1. The molecule has 0 N–H and O–H groups in total. The number of para-hydroxylation sites is 2. The molecule has 1 fully saturated rings. The summed E-state index contributed by atoms with van der Waals surface area (Å²) < 4.78 is 19.4. The van der Waals surface area contributed by atoms with Crippen molar-refractivity contribution < 1.29 is 19.0 Å². The van der Waals surface area contributed by atoms with E-state index in [0.29, 0.717) is 55.7 Å². The Hall–Kier alpha value is -3.42. The van der Waals surface area contributed by atoms with Crippen molar-refractivity contribution in [1.82, 2.24) is 14.5 Å². The van der Waals surface area contributed by atoms with E-state index < -0.39 is 0 Å². The van der Waals surface area contributed by atoms with Crippen LogP contribution in [0.2, 0.25) is 0 Å². The van der Waals surface area contributed by atoms with Gasteiger partial charge in [-0.1, -0.05) is 12.1 Å². The van der Waals surface area contributed by atoms with E-state index in [9.17, 15) is 4.79 Å². The van der Waals surface area contributed by atoms with E-state index in [0.717, 1.165) is 30.1 Å². The Morgan fingerprint density at radius 3 is 2.09 bits per heavy atom. The van der Waals surface area contributed by atoms with Crippen molar-refractivity contribution >= 4 is 22.9 Å². The number of carbonyl (C=O) groups is 1. The number of fused-ring (bicyclic) bond motifs is 1. The zero-order valence-electron chi connectivity index (χ0n) is 19.8. The highest BCUT2D eigenvalue weighted by Crippen LogP contribution is 2.39. The number of aromatic nitrogens is 2. The molecule has 1 aromatic heterocycles. The fourth-order valence-corrected chi connectivity index (χ4v) is 4.22. The van der Waals surface area contributed by atoms with Gasteiger partial charge >= 0.3 is 0 Å². The van der Waals surface area contributed by atoms with Crippen molar-refractivity contribution in [3.63, 3.8) is 0 Å². The number of nitrogens with zero attached hydrogens (tertiary/aromatic N) is 4. The summed E-state index contributed by atoms with van der Waals surface area (Å²) >= 11 is 0. The number of aryl methyl sites for hydroxylation is 1. The number of piperazine rings is 1. The molecule has 8 heteroatoms. The molecule has 1 aliphatic heterocycles. The van der Waals surface area contributed by atoms with Crippen molar-refractivity contribution in [1.29, 1.82) is 0 Å². The molecule has 176 valence electrons. The third-order valence-corrected chi connectivity index (χ3v) is 5.77. The molecule has 1 amide bonds. The summed E-state index contributed by atoms with van der Waals surface area (Å²) in [6, 6.07) is 11.6. The van der Waals surface area contributed by atoms with Gasteiger partial charge in [0.25, 0.3) is 5.91 Å². The van der Waals surface area contributed by atoms with Crippen LogP contribution in [-0.2, 0) is 7.05 Å². The minimum atomic E-state index is -0.0374. The molecule has 2 aromatic carbocycles. The Labute approximate surface area is 194 Å². The number of rotatable bonds is 8. The average molecular weight is 453 g/mol. The number of hydrogen-bond acceptors (Lipinski definition) is 6. The zero-order chi connectivity index (χ0) is 23.4. The molecule has 0 saturated carbocycles. The van der Waals surface area contributed by atoms with Gasteiger partial charge in [-0.3, -0.25) is 4.79 Å². The third-order valence-electron chi connectivity index (χ3n) is 5.77. The lowest BCUT2D eigenvalue weighted by molar-refractivity contribution is 0.0745. The number of amides is 1. The molecular formula is C25H32N4O4. The maximum atomic E-state index is 13.4. The Balaban J connectivity index is 1.52. The Morgan fingerprint density at radius 2 is 1.52 bits per heavy atom. The van der Waals surface area contributed by atoms with Gasteiger partial charge in [-0.25, -0.2) is 4.98 Å². The number of ether oxygens (including phenoxy) is 3. The average Bonchev–Trinajstić information content (AvgIpc) is 3.17. The summed E-state index contributed by atoms with van der Waals surface area (Å²) in [5.74, 6) is 2.51. The van der Waals surface area contributed by atoms with E-state index in [1.54, 1.807) is 12.1 Å². The van der Waals surface area contributed by atoms with Crippen LogP contribution in [0.15, 0.2) is 36.4 Å². The lowest BCUT2D eigenvalue weighted by Crippen LogP contribution is -2.49. The Morgan fingerprint density at radius 1 is 0.909 bits per heavy atom. The molecule has 0 spiro atoms. The molecule has 0 radical (unpaired) electrons. The summed E-state index contributed by atoms with van der Waals surface area (Å²) in [7, 11) is 2.03. The fraction of sp³-hybridized carbons (Fsp3) is 0.440. The van der Waals surface area contributed by atoms with Gasteiger partial charge in [0.1, 0.15) is 0 Å². The first-order valence-corrected chi connectivity index (χ1v) is 11.6. The summed E-state index contributed by atoms with van der Waals surface area (Å²) in [5.41, 5.74) is 2.63. The number of imidazole rings is 1. The quantitative estimate of drug-likeness (QED) is 0.519. The van der Waals surface area contributed by atoms with Crippen LogP contribution in [0.5, 0.6) is 17.2 Å². The van der Waals surface area contributed by atoms with Gasteiger partial charge in [-0.15, -0.1) is 0 Å². The molecule has 33 heavy (non-hydrogen) atoms. The summed E-state index contributed by atoms with van der Waals surface area (Å²) in [6.45, 7) is 9.82.